The molecule has 0 fully saturated rings. The molecule has 0 radical (unpaired) electrons. The highest BCUT2D eigenvalue weighted by Crippen LogP contribution is 2.23. The van der Waals surface area contributed by atoms with E-state index in [4.69, 9.17) is 10.5 Å². The van der Waals surface area contributed by atoms with E-state index in [1.54, 1.807) is 4.90 Å². The van der Waals surface area contributed by atoms with Crippen molar-refractivity contribution in [1.82, 2.24) is 4.90 Å². The molecule has 0 unspecified atom stereocenters. The van der Waals surface area contributed by atoms with Crippen molar-refractivity contribution < 1.29 is 9.53 Å². The van der Waals surface area contributed by atoms with Crippen LogP contribution in [0.15, 0.2) is 12.1 Å². The first-order valence-electron chi connectivity index (χ1n) is 7.12. The van der Waals surface area contributed by atoms with Gasteiger partial charge in [0, 0.05) is 18.8 Å². The first kappa shape index (κ1) is 14.7. The number of fused-ring (bicyclic) bond motifs is 1. The van der Waals surface area contributed by atoms with Crippen LogP contribution in [0.5, 0.6) is 0 Å². The lowest BCUT2D eigenvalue weighted by Gasteiger charge is -2.26. The Morgan fingerprint density at radius 1 is 1.20 bits per heavy atom. The topological polar surface area (TPSA) is 55.6 Å². The summed E-state index contributed by atoms with van der Waals surface area (Å²) in [5, 5.41) is 0. The van der Waals surface area contributed by atoms with E-state index in [9.17, 15) is 4.79 Å². The zero-order chi connectivity index (χ0) is 14.9. The molecular formula is C16H24N2O2. The maximum atomic E-state index is 12.1. The Bertz CT molecular complexity index is 485. The molecule has 1 aromatic rings. The van der Waals surface area contributed by atoms with E-state index in [-0.39, 0.29) is 6.09 Å². The van der Waals surface area contributed by atoms with Gasteiger partial charge in [0.15, 0.2) is 0 Å². The Morgan fingerprint density at radius 3 is 2.30 bits per heavy atom. The highest BCUT2D eigenvalue weighted by Gasteiger charge is 2.24. The van der Waals surface area contributed by atoms with Crippen molar-refractivity contribution >= 4 is 11.8 Å². The number of hydrogen-bond acceptors (Lipinski definition) is 3. The van der Waals surface area contributed by atoms with E-state index in [2.05, 4.69) is 6.07 Å². The molecule has 4 heteroatoms. The fourth-order valence-electron chi connectivity index (χ4n) is 2.43. The molecule has 0 aliphatic carbocycles. The molecular weight excluding hydrogens is 252 g/mol. The monoisotopic (exact) mass is 276 g/mol. The van der Waals surface area contributed by atoms with Gasteiger partial charge in [-0.2, -0.15) is 0 Å². The zero-order valence-electron chi connectivity index (χ0n) is 12.8. The summed E-state index contributed by atoms with van der Waals surface area (Å²) in [6.07, 6.45) is 1.46. The van der Waals surface area contributed by atoms with E-state index < -0.39 is 5.60 Å². The summed E-state index contributed by atoms with van der Waals surface area (Å²) in [5.41, 5.74) is 10.00. The lowest BCUT2D eigenvalue weighted by atomic mass is 9.99. The standard InChI is InChI=1S/C16H24N2O2/c1-11-9-12-5-7-18(15(19)20-16(2,3)4)8-6-13(12)10-14(11)17/h9-10H,5-8,17H2,1-4H3. The van der Waals surface area contributed by atoms with E-state index in [1.807, 2.05) is 33.8 Å². The molecule has 1 aliphatic rings. The second-order valence-corrected chi connectivity index (χ2v) is 6.44. The Morgan fingerprint density at radius 2 is 1.75 bits per heavy atom. The minimum absolute atomic E-state index is 0.227. The zero-order valence-corrected chi connectivity index (χ0v) is 12.8. The summed E-state index contributed by atoms with van der Waals surface area (Å²) < 4.78 is 5.44. The number of carbonyl (C=O) groups is 1. The van der Waals surface area contributed by atoms with Crippen LogP contribution < -0.4 is 5.73 Å². The molecule has 0 aromatic heterocycles. The van der Waals surface area contributed by atoms with Crippen LogP contribution in [-0.2, 0) is 17.6 Å². The van der Waals surface area contributed by atoms with Crippen molar-refractivity contribution in [2.24, 2.45) is 0 Å². The average Bonchev–Trinajstić information content (AvgIpc) is 2.50. The summed E-state index contributed by atoms with van der Waals surface area (Å²) in [4.78, 5) is 13.9. The first-order valence-corrected chi connectivity index (χ1v) is 7.12. The van der Waals surface area contributed by atoms with Crippen LogP contribution in [0.25, 0.3) is 0 Å². The van der Waals surface area contributed by atoms with Crippen LogP contribution in [-0.4, -0.2) is 29.7 Å². The molecule has 0 atom stereocenters. The van der Waals surface area contributed by atoms with Gasteiger partial charge in [-0.1, -0.05) is 6.07 Å². The number of rotatable bonds is 0. The number of anilines is 1. The van der Waals surface area contributed by atoms with Crippen LogP contribution in [0.1, 0.15) is 37.5 Å². The maximum absolute atomic E-state index is 12.1. The van der Waals surface area contributed by atoms with Crippen molar-refractivity contribution in [2.75, 3.05) is 18.8 Å². The molecule has 1 amide bonds. The normalized spacial score (nSPS) is 15.5. The molecule has 0 bridgehead atoms. The van der Waals surface area contributed by atoms with Crippen molar-refractivity contribution in [1.29, 1.82) is 0 Å². The van der Waals surface area contributed by atoms with E-state index in [1.165, 1.54) is 11.1 Å². The van der Waals surface area contributed by atoms with E-state index in [0.717, 1.165) is 24.1 Å². The minimum atomic E-state index is -0.447. The first-order chi connectivity index (χ1) is 9.26. The number of benzene rings is 1. The summed E-state index contributed by atoms with van der Waals surface area (Å²) in [7, 11) is 0. The second kappa shape index (κ2) is 5.35. The third-order valence-corrected chi connectivity index (χ3v) is 3.54. The van der Waals surface area contributed by atoms with Crippen molar-refractivity contribution in [3.8, 4) is 0 Å². The molecule has 0 saturated carbocycles. The maximum Gasteiger partial charge on any atom is 0.410 e. The quantitative estimate of drug-likeness (QED) is 0.741. The number of carbonyl (C=O) groups excluding carboxylic acids is 1. The second-order valence-electron chi connectivity index (χ2n) is 6.44. The van der Waals surface area contributed by atoms with Crippen LogP contribution in [0, 0.1) is 6.92 Å². The smallest absolute Gasteiger partial charge is 0.410 e. The predicted octanol–water partition coefficient (Wildman–Crippen LogP) is 2.91. The summed E-state index contributed by atoms with van der Waals surface area (Å²) in [5.74, 6) is 0. The molecule has 1 heterocycles. The Balaban J connectivity index is 2.10. The number of amides is 1. The fourth-order valence-corrected chi connectivity index (χ4v) is 2.43. The summed E-state index contributed by atoms with van der Waals surface area (Å²) in [6, 6.07) is 4.19. The third kappa shape index (κ3) is 3.44. The number of nitrogen functional groups attached to an aromatic ring is 1. The molecule has 0 saturated heterocycles. The molecule has 20 heavy (non-hydrogen) atoms. The van der Waals surface area contributed by atoms with E-state index >= 15 is 0 Å². The number of aryl methyl sites for hydroxylation is 1. The van der Waals surface area contributed by atoms with Gasteiger partial charge in [0.2, 0.25) is 0 Å². The SMILES string of the molecule is Cc1cc2c(cc1N)CCN(C(=O)OC(C)(C)C)CC2. The largest absolute Gasteiger partial charge is 0.444 e. The van der Waals surface area contributed by atoms with Gasteiger partial charge < -0.3 is 15.4 Å². The lowest BCUT2D eigenvalue weighted by molar-refractivity contribution is 0.0258. The third-order valence-electron chi connectivity index (χ3n) is 3.54. The van der Waals surface area contributed by atoms with Gasteiger partial charge in [-0.3, -0.25) is 0 Å². The number of hydrogen-bond donors (Lipinski definition) is 1. The van der Waals surface area contributed by atoms with Crippen molar-refractivity contribution in [3.05, 3.63) is 28.8 Å². The van der Waals surface area contributed by atoms with Gasteiger partial charge >= 0.3 is 6.09 Å². The Labute approximate surface area is 120 Å². The summed E-state index contributed by atoms with van der Waals surface area (Å²) in [6.45, 7) is 9.08. The van der Waals surface area contributed by atoms with Gasteiger partial charge in [0.05, 0.1) is 0 Å². The molecule has 2 N–H and O–H groups in total. The molecule has 1 aromatic carbocycles. The van der Waals surface area contributed by atoms with Gasteiger partial charge in [-0.25, -0.2) is 4.79 Å². The van der Waals surface area contributed by atoms with Gasteiger partial charge in [-0.15, -0.1) is 0 Å². The molecule has 110 valence electrons. The Kier molecular flexibility index (Phi) is 3.93. The number of ether oxygens (including phenoxy) is 1. The molecule has 2 rings (SSSR count). The lowest BCUT2D eigenvalue weighted by Crippen LogP contribution is -2.38. The van der Waals surface area contributed by atoms with Gasteiger partial charge in [0.25, 0.3) is 0 Å². The van der Waals surface area contributed by atoms with Gasteiger partial charge in [-0.05, 0) is 63.3 Å². The van der Waals surface area contributed by atoms with Crippen LogP contribution in [0.4, 0.5) is 10.5 Å². The van der Waals surface area contributed by atoms with Crippen LogP contribution in [0.3, 0.4) is 0 Å². The van der Waals surface area contributed by atoms with Gasteiger partial charge in [0.1, 0.15) is 5.60 Å². The number of nitrogens with two attached hydrogens (primary N) is 1. The Hall–Kier alpha value is -1.71. The molecule has 0 spiro atoms. The minimum Gasteiger partial charge on any atom is -0.444 e. The fraction of sp³-hybridized carbons (Fsp3) is 0.562. The summed E-state index contributed by atoms with van der Waals surface area (Å²) >= 11 is 0. The van der Waals surface area contributed by atoms with Crippen LogP contribution >= 0.6 is 0 Å². The predicted molar refractivity (Wildman–Crippen MR) is 80.8 cm³/mol. The molecule has 1 aliphatic heterocycles. The average molecular weight is 276 g/mol. The molecule has 4 nitrogen and oxygen atoms in total. The van der Waals surface area contributed by atoms with E-state index in [0.29, 0.717) is 13.1 Å². The highest BCUT2D eigenvalue weighted by molar-refractivity contribution is 5.68. The van der Waals surface area contributed by atoms with Crippen molar-refractivity contribution in [3.63, 3.8) is 0 Å². The van der Waals surface area contributed by atoms with Crippen molar-refractivity contribution in [2.45, 2.75) is 46.1 Å². The highest BCUT2D eigenvalue weighted by atomic mass is 16.6. The van der Waals surface area contributed by atoms with Crippen LogP contribution in [0.2, 0.25) is 0 Å². The number of nitrogens with zero attached hydrogens (tertiary/aromatic N) is 1.